The number of hydrogen-bond acceptors (Lipinski definition) is 2. The van der Waals surface area contributed by atoms with E-state index in [2.05, 4.69) is 19.9 Å². The van der Waals surface area contributed by atoms with E-state index in [4.69, 9.17) is 0 Å². The molecule has 0 aromatic heterocycles. The van der Waals surface area contributed by atoms with Gasteiger partial charge in [-0.1, -0.05) is 19.9 Å². The monoisotopic (exact) mass is 288 g/mol. The van der Waals surface area contributed by atoms with Gasteiger partial charge in [-0.25, -0.2) is 0 Å². The van der Waals surface area contributed by atoms with Crippen molar-refractivity contribution in [2.75, 3.05) is 0 Å². The lowest BCUT2D eigenvalue weighted by molar-refractivity contribution is -0.123. The Kier molecular flexibility index (Phi) is 2.96. The van der Waals surface area contributed by atoms with Crippen molar-refractivity contribution in [2.24, 2.45) is 34.5 Å². The van der Waals surface area contributed by atoms with Crippen molar-refractivity contribution in [1.29, 1.82) is 0 Å². The third-order valence-electron chi connectivity index (χ3n) is 7.99. The van der Waals surface area contributed by atoms with Crippen molar-refractivity contribution in [3.63, 3.8) is 0 Å². The highest BCUT2D eigenvalue weighted by atomic mass is 16.3. The Morgan fingerprint density at radius 2 is 1.90 bits per heavy atom. The fourth-order valence-electron chi connectivity index (χ4n) is 6.61. The molecule has 3 saturated carbocycles. The van der Waals surface area contributed by atoms with E-state index in [1.54, 1.807) is 0 Å². The smallest absolute Gasteiger partial charge is 0.155 e. The summed E-state index contributed by atoms with van der Waals surface area (Å²) >= 11 is 0. The first-order valence-electron chi connectivity index (χ1n) is 8.85. The highest BCUT2D eigenvalue weighted by molar-refractivity contribution is 5.91. The molecular weight excluding hydrogens is 260 g/mol. The fraction of sp³-hybridized carbons (Fsp3) is 0.842. The maximum absolute atomic E-state index is 11.8. The van der Waals surface area contributed by atoms with Crippen LogP contribution in [0, 0.1) is 34.5 Å². The number of rotatable bonds is 0. The first-order valence-corrected chi connectivity index (χ1v) is 8.85. The molecule has 3 unspecified atom stereocenters. The third-order valence-corrected chi connectivity index (χ3v) is 7.99. The van der Waals surface area contributed by atoms with Crippen LogP contribution in [0.2, 0.25) is 0 Å². The summed E-state index contributed by atoms with van der Waals surface area (Å²) in [5, 5.41) is 10.4. The lowest BCUT2D eigenvalue weighted by atomic mass is 9.46. The first-order chi connectivity index (χ1) is 9.95. The average Bonchev–Trinajstić information content (AvgIpc) is 2.76. The summed E-state index contributed by atoms with van der Waals surface area (Å²) < 4.78 is 0. The van der Waals surface area contributed by atoms with Gasteiger partial charge in [0.2, 0.25) is 0 Å². The summed E-state index contributed by atoms with van der Waals surface area (Å²) in [5.41, 5.74) is 0.393. The van der Waals surface area contributed by atoms with Crippen molar-refractivity contribution >= 4 is 5.78 Å². The molecule has 0 radical (unpaired) electrons. The number of carbonyl (C=O) groups excluding carboxylic acids is 1. The Morgan fingerprint density at radius 3 is 2.71 bits per heavy atom. The third kappa shape index (κ3) is 1.78. The van der Waals surface area contributed by atoms with Gasteiger partial charge in [-0.15, -0.1) is 0 Å². The number of allylic oxidation sites excluding steroid dienone is 2. The topological polar surface area (TPSA) is 37.3 Å². The minimum absolute atomic E-state index is 0.0857. The molecule has 116 valence electrons. The molecule has 1 N–H and O–H groups in total. The molecule has 2 heteroatoms. The van der Waals surface area contributed by atoms with Gasteiger partial charge < -0.3 is 5.11 Å². The molecule has 0 aliphatic heterocycles. The normalized spacial score (nSPS) is 55.8. The molecule has 21 heavy (non-hydrogen) atoms. The molecule has 0 aromatic carbocycles. The number of aliphatic hydroxyl groups is 1. The van der Waals surface area contributed by atoms with E-state index in [0.29, 0.717) is 17.6 Å². The van der Waals surface area contributed by atoms with Gasteiger partial charge in [0.1, 0.15) is 0 Å². The zero-order valence-corrected chi connectivity index (χ0v) is 13.3. The van der Waals surface area contributed by atoms with Gasteiger partial charge in [0, 0.05) is 6.42 Å². The van der Waals surface area contributed by atoms with E-state index < -0.39 is 0 Å². The van der Waals surface area contributed by atoms with Crippen LogP contribution in [0.5, 0.6) is 0 Å². The highest BCUT2D eigenvalue weighted by Crippen LogP contribution is 2.64. The molecule has 7 atom stereocenters. The van der Waals surface area contributed by atoms with Crippen molar-refractivity contribution in [2.45, 2.75) is 64.9 Å². The van der Waals surface area contributed by atoms with E-state index in [-0.39, 0.29) is 16.9 Å². The molecule has 0 spiro atoms. The number of aliphatic hydroxyl groups excluding tert-OH is 1. The molecular formula is C19H28O2. The highest BCUT2D eigenvalue weighted by Gasteiger charge is 2.59. The quantitative estimate of drug-likeness (QED) is 0.737. The lowest BCUT2D eigenvalue weighted by Crippen LogP contribution is -2.52. The van der Waals surface area contributed by atoms with E-state index in [1.165, 1.54) is 32.1 Å². The van der Waals surface area contributed by atoms with Gasteiger partial charge in [-0.2, -0.15) is 0 Å². The van der Waals surface area contributed by atoms with Crippen LogP contribution in [0.15, 0.2) is 12.2 Å². The standard InChI is InChI=1S/C19H28O2/c1-18-9-7-13(20)11-12(18)3-4-14-15-5-6-17(21)19(15,2)10-8-16(14)18/h7,9,12,14-17,21H,3-6,8,10-11H2,1-2H3/t12?,14-,15?,16?,17-,18-,19-/m0/s1. The Balaban J connectivity index is 1.68. The van der Waals surface area contributed by atoms with E-state index >= 15 is 0 Å². The molecule has 0 heterocycles. The summed E-state index contributed by atoms with van der Waals surface area (Å²) in [6.07, 6.45) is 11.9. The van der Waals surface area contributed by atoms with Crippen LogP contribution in [0.25, 0.3) is 0 Å². The lowest BCUT2D eigenvalue weighted by Gasteiger charge is -2.58. The summed E-state index contributed by atoms with van der Waals surface area (Å²) in [6, 6.07) is 0. The maximum atomic E-state index is 11.8. The first kappa shape index (κ1) is 14.0. The van der Waals surface area contributed by atoms with Crippen LogP contribution in [-0.2, 0) is 4.79 Å². The Bertz CT molecular complexity index is 496. The second-order valence-electron chi connectivity index (χ2n) is 8.66. The Labute approximate surface area is 128 Å². The number of ketones is 1. The summed E-state index contributed by atoms with van der Waals surface area (Å²) in [7, 11) is 0. The number of hydrogen-bond donors (Lipinski definition) is 1. The van der Waals surface area contributed by atoms with Crippen molar-refractivity contribution in [3.8, 4) is 0 Å². The predicted octanol–water partition coefficient (Wildman–Crippen LogP) is 3.74. The van der Waals surface area contributed by atoms with Gasteiger partial charge in [0.15, 0.2) is 5.78 Å². The number of carbonyl (C=O) groups is 1. The summed E-state index contributed by atoms with van der Waals surface area (Å²) in [4.78, 5) is 11.8. The summed E-state index contributed by atoms with van der Waals surface area (Å²) in [6.45, 7) is 4.74. The van der Waals surface area contributed by atoms with Crippen LogP contribution in [0.1, 0.15) is 58.8 Å². The molecule has 0 bridgehead atoms. The molecule has 4 rings (SSSR count). The molecule has 0 saturated heterocycles. The predicted molar refractivity (Wildman–Crippen MR) is 82.6 cm³/mol. The number of fused-ring (bicyclic) bond motifs is 5. The van der Waals surface area contributed by atoms with Crippen LogP contribution in [-0.4, -0.2) is 17.0 Å². The van der Waals surface area contributed by atoms with Crippen molar-refractivity contribution in [3.05, 3.63) is 12.2 Å². The van der Waals surface area contributed by atoms with E-state index in [0.717, 1.165) is 24.7 Å². The van der Waals surface area contributed by atoms with Gasteiger partial charge in [0.25, 0.3) is 0 Å². The van der Waals surface area contributed by atoms with Gasteiger partial charge >= 0.3 is 0 Å². The molecule has 4 aliphatic carbocycles. The molecule has 0 amide bonds. The largest absolute Gasteiger partial charge is 0.393 e. The van der Waals surface area contributed by atoms with Crippen LogP contribution in [0.4, 0.5) is 0 Å². The maximum Gasteiger partial charge on any atom is 0.155 e. The minimum Gasteiger partial charge on any atom is -0.393 e. The second kappa shape index (κ2) is 4.44. The molecule has 2 nitrogen and oxygen atoms in total. The van der Waals surface area contributed by atoms with Gasteiger partial charge in [-0.3, -0.25) is 4.79 Å². The van der Waals surface area contributed by atoms with Crippen molar-refractivity contribution in [1.82, 2.24) is 0 Å². The Hall–Kier alpha value is -0.630. The SMILES string of the molecule is C[C@]12C=CC(=O)CC1CC[C@@H]1C2CC[C@@]2(C)C1CC[C@@H]2O. The summed E-state index contributed by atoms with van der Waals surface area (Å²) in [5.74, 6) is 3.08. The Morgan fingerprint density at radius 1 is 1.10 bits per heavy atom. The zero-order chi connectivity index (χ0) is 14.8. The van der Waals surface area contributed by atoms with Crippen molar-refractivity contribution < 1.29 is 9.90 Å². The molecule has 0 aromatic rings. The van der Waals surface area contributed by atoms with E-state index in [9.17, 15) is 9.90 Å². The van der Waals surface area contributed by atoms with Crippen LogP contribution < -0.4 is 0 Å². The average molecular weight is 288 g/mol. The molecule has 3 fully saturated rings. The minimum atomic E-state index is -0.0857. The van der Waals surface area contributed by atoms with Gasteiger partial charge in [-0.05, 0) is 79.1 Å². The van der Waals surface area contributed by atoms with Crippen LogP contribution >= 0.6 is 0 Å². The van der Waals surface area contributed by atoms with E-state index in [1.807, 2.05) is 6.08 Å². The molecule has 4 aliphatic rings. The van der Waals surface area contributed by atoms with Gasteiger partial charge in [0.05, 0.1) is 6.10 Å². The second-order valence-corrected chi connectivity index (χ2v) is 8.66. The van der Waals surface area contributed by atoms with Crippen LogP contribution in [0.3, 0.4) is 0 Å². The zero-order valence-electron chi connectivity index (χ0n) is 13.3. The fourth-order valence-corrected chi connectivity index (χ4v) is 6.61.